The second kappa shape index (κ2) is 7.61. The number of benzene rings is 2. The second-order valence-electron chi connectivity index (χ2n) is 8.83. The highest BCUT2D eigenvalue weighted by Crippen LogP contribution is 2.26. The third-order valence-electron chi connectivity index (χ3n) is 6.76. The van der Waals surface area contributed by atoms with Crippen LogP contribution in [0.25, 0.3) is 21.9 Å². The summed E-state index contributed by atoms with van der Waals surface area (Å²) in [5.41, 5.74) is 9.79. The number of fused-ring (bicyclic) bond motifs is 2. The van der Waals surface area contributed by atoms with Crippen molar-refractivity contribution in [1.29, 1.82) is 0 Å². The number of hydrogen-bond acceptors (Lipinski definition) is 5. The first-order valence-corrected chi connectivity index (χ1v) is 11.0. The molecule has 0 bridgehead atoms. The van der Waals surface area contributed by atoms with E-state index in [-0.39, 0.29) is 23.2 Å². The zero-order chi connectivity index (χ0) is 23.4. The summed E-state index contributed by atoms with van der Waals surface area (Å²) in [6.45, 7) is 2.97. The van der Waals surface area contributed by atoms with Gasteiger partial charge in [0.1, 0.15) is 0 Å². The molecule has 0 radical (unpaired) electrons. The molecular formula is C24H26N6O3. The predicted molar refractivity (Wildman–Crippen MR) is 127 cm³/mol. The van der Waals surface area contributed by atoms with Gasteiger partial charge in [-0.15, -0.1) is 0 Å². The number of nitrogen functional groups attached to an aromatic ring is 1. The van der Waals surface area contributed by atoms with E-state index in [0.717, 1.165) is 5.56 Å². The lowest BCUT2D eigenvalue weighted by Gasteiger charge is -2.33. The Hall–Kier alpha value is -3.88. The van der Waals surface area contributed by atoms with Gasteiger partial charge in [0.2, 0.25) is 0 Å². The van der Waals surface area contributed by atoms with Crippen molar-refractivity contribution in [3.8, 4) is 0 Å². The normalized spacial score (nSPS) is 14.9. The summed E-state index contributed by atoms with van der Waals surface area (Å²) >= 11 is 0. The molecule has 2 aromatic heterocycles. The molecule has 0 unspecified atom stereocenters. The van der Waals surface area contributed by atoms with Gasteiger partial charge in [0.05, 0.1) is 33.8 Å². The fourth-order valence-electron chi connectivity index (χ4n) is 4.77. The average Bonchev–Trinajstić information content (AvgIpc) is 3.02. The van der Waals surface area contributed by atoms with Gasteiger partial charge >= 0.3 is 5.69 Å². The van der Waals surface area contributed by atoms with E-state index < -0.39 is 0 Å². The van der Waals surface area contributed by atoms with Crippen molar-refractivity contribution in [2.45, 2.75) is 25.8 Å². The number of piperidine rings is 1. The van der Waals surface area contributed by atoms with Gasteiger partial charge in [-0.25, -0.2) is 9.78 Å². The van der Waals surface area contributed by atoms with Crippen molar-refractivity contribution in [2.75, 3.05) is 18.8 Å². The van der Waals surface area contributed by atoms with Crippen molar-refractivity contribution >= 4 is 33.5 Å². The second-order valence-corrected chi connectivity index (χ2v) is 8.83. The molecule has 0 saturated carbocycles. The standard InChI is InChI=1S/C24H26N6O3/c1-14-4-5-19-17(10-14)23(32)30(13-26-19)15-6-8-29(9-7-15)22(31)16-11-20-21(12-18(16)25)28(3)24(33)27(20)2/h4-5,10-13,15H,6-9,25H2,1-3H3. The lowest BCUT2D eigenvalue weighted by molar-refractivity contribution is 0.0694. The van der Waals surface area contributed by atoms with E-state index in [9.17, 15) is 14.4 Å². The van der Waals surface area contributed by atoms with E-state index in [4.69, 9.17) is 5.73 Å². The molecule has 170 valence electrons. The fraction of sp³-hybridized carbons (Fsp3) is 0.333. The number of nitrogens with two attached hydrogens (primary N) is 1. The number of hydrogen-bond donors (Lipinski definition) is 1. The molecule has 9 heteroatoms. The molecule has 3 heterocycles. The van der Waals surface area contributed by atoms with Crippen LogP contribution in [0.5, 0.6) is 0 Å². The summed E-state index contributed by atoms with van der Waals surface area (Å²) < 4.78 is 4.73. The molecule has 0 spiro atoms. The van der Waals surface area contributed by atoms with Gasteiger partial charge in [0.15, 0.2) is 0 Å². The summed E-state index contributed by atoms with van der Waals surface area (Å²) in [7, 11) is 3.36. The van der Waals surface area contributed by atoms with Crippen LogP contribution in [0, 0.1) is 6.92 Å². The zero-order valence-electron chi connectivity index (χ0n) is 18.9. The molecule has 9 nitrogen and oxygen atoms in total. The van der Waals surface area contributed by atoms with Crippen LogP contribution in [0.2, 0.25) is 0 Å². The molecular weight excluding hydrogens is 420 g/mol. The summed E-state index contributed by atoms with van der Waals surface area (Å²) in [6.07, 6.45) is 2.91. The Labute approximate surface area is 189 Å². The van der Waals surface area contributed by atoms with Gasteiger partial charge in [-0.05, 0) is 44.0 Å². The van der Waals surface area contributed by atoms with Crippen molar-refractivity contribution < 1.29 is 4.79 Å². The summed E-state index contributed by atoms with van der Waals surface area (Å²) in [5.74, 6) is -0.163. The average molecular weight is 447 g/mol. The van der Waals surface area contributed by atoms with Crippen molar-refractivity contribution in [2.24, 2.45) is 14.1 Å². The number of likely N-dealkylation sites (tertiary alicyclic amines) is 1. The zero-order valence-corrected chi connectivity index (χ0v) is 18.9. The third-order valence-corrected chi connectivity index (χ3v) is 6.76. The van der Waals surface area contributed by atoms with Crippen molar-refractivity contribution in [1.82, 2.24) is 23.6 Å². The maximum absolute atomic E-state index is 13.3. The minimum Gasteiger partial charge on any atom is -0.398 e. The molecule has 1 aliphatic rings. The Kier molecular flexibility index (Phi) is 4.84. The van der Waals surface area contributed by atoms with Gasteiger partial charge in [-0.3, -0.25) is 23.3 Å². The van der Waals surface area contributed by atoms with Crippen LogP contribution in [0.15, 0.2) is 46.2 Å². The van der Waals surface area contributed by atoms with Crippen LogP contribution in [-0.4, -0.2) is 42.6 Å². The molecule has 2 aromatic carbocycles. The van der Waals surface area contributed by atoms with Gasteiger partial charge < -0.3 is 10.6 Å². The Bertz CT molecular complexity index is 1540. The third kappa shape index (κ3) is 3.31. The number of amides is 1. The highest BCUT2D eigenvalue weighted by Gasteiger charge is 2.27. The highest BCUT2D eigenvalue weighted by atomic mass is 16.2. The first-order valence-electron chi connectivity index (χ1n) is 11.0. The van der Waals surface area contributed by atoms with E-state index in [1.165, 1.54) is 9.13 Å². The van der Waals surface area contributed by atoms with E-state index in [0.29, 0.717) is 59.1 Å². The highest BCUT2D eigenvalue weighted by molar-refractivity contribution is 6.03. The van der Waals surface area contributed by atoms with Gasteiger partial charge in [-0.2, -0.15) is 0 Å². The number of aromatic nitrogens is 4. The monoisotopic (exact) mass is 446 g/mol. The molecule has 1 aliphatic heterocycles. The lowest BCUT2D eigenvalue weighted by Crippen LogP contribution is -2.41. The van der Waals surface area contributed by atoms with Crippen LogP contribution in [0.1, 0.15) is 34.8 Å². The number of carbonyl (C=O) groups excluding carboxylic acids is 1. The van der Waals surface area contributed by atoms with E-state index in [1.807, 2.05) is 25.1 Å². The number of rotatable bonds is 2. The maximum Gasteiger partial charge on any atom is 0.328 e. The first kappa shape index (κ1) is 21.0. The number of aryl methyl sites for hydroxylation is 3. The summed E-state index contributed by atoms with van der Waals surface area (Å²) in [5, 5.41) is 0.616. The van der Waals surface area contributed by atoms with E-state index in [2.05, 4.69) is 4.98 Å². The SMILES string of the molecule is Cc1ccc2ncn(C3CCN(C(=O)c4cc5c(cc4N)n(C)c(=O)n5C)CC3)c(=O)c2c1. The summed E-state index contributed by atoms with van der Waals surface area (Å²) in [6, 6.07) is 9.03. The Morgan fingerprint density at radius 3 is 2.39 bits per heavy atom. The molecule has 1 fully saturated rings. The molecule has 0 aliphatic carbocycles. The lowest BCUT2D eigenvalue weighted by atomic mass is 10.0. The number of nitrogens with zero attached hydrogens (tertiary/aromatic N) is 5. The maximum atomic E-state index is 13.3. The minimum absolute atomic E-state index is 0.0197. The molecule has 1 saturated heterocycles. The fourth-order valence-corrected chi connectivity index (χ4v) is 4.77. The predicted octanol–water partition coefficient (Wildman–Crippen LogP) is 1.95. The topological polar surface area (TPSA) is 108 Å². The quantitative estimate of drug-likeness (QED) is 0.474. The van der Waals surface area contributed by atoms with Crippen LogP contribution in [0.3, 0.4) is 0 Å². The number of anilines is 1. The Balaban J connectivity index is 1.39. The Morgan fingerprint density at radius 1 is 1.03 bits per heavy atom. The smallest absolute Gasteiger partial charge is 0.328 e. The molecule has 5 rings (SSSR count). The largest absolute Gasteiger partial charge is 0.398 e. The van der Waals surface area contributed by atoms with E-state index in [1.54, 1.807) is 42.0 Å². The molecule has 0 atom stereocenters. The van der Waals surface area contributed by atoms with Crippen LogP contribution >= 0.6 is 0 Å². The van der Waals surface area contributed by atoms with Gasteiger partial charge in [-0.1, -0.05) is 11.6 Å². The van der Waals surface area contributed by atoms with Gasteiger partial charge in [0.25, 0.3) is 11.5 Å². The number of imidazole rings is 1. The number of carbonyl (C=O) groups is 1. The minimum atomic E-state index is -0.167. The summed E-state index contributed by atoms with van der Waals surface area (Å²) in [4.78, 5) is 44.8. The molecule has 1 amide bonds. The van der Waals surface area contributed by atoms with Crippen molar-refractivity contribution in [3.05, 3.63) is 68.6 Å². The van der Waals surface area contributed by atoms with Crippen molar-refractivity contribution in [3.63, 3.8) is 0 Å². The molecule has 4 aromatic rings. The van der Waals surface area contributed by atoms with E-state index >= 15 is 0 Å². The van der Waals surface area contributed by atoms with Crippen LogP contribution in [-0.2, 0) is 14.1 Å². The molecule has 33 heavy (non-hydrogen) atoms. The van der Waals surface area contributed by atoms with Crippen LogP contribution < -0.4 is 17.0 Å². The molecule has 2 N–H and O–H groups in total. The van der Waals surface area contributed by atoms with Crippen LogP contribution in [0.4, 0.5) is 5.69 Å². The Morgan fingerprint density at radius 2 is 1.70 bits per heavy atom. The van der Waals surface area contributed by atoms with Gasteiger partial charge in [0, 0.05) is 38.9 Å². The first-order chi connectivity index (χ1) is 15.8.